The number of carbonyl (C=O) groups excluding carboxylic acids is 1. The maximum atomic E-state index is 13.6. The van der Waals surface area contributed by atoms with Crippen molar-refractivity contribution >= 4 is 27.3 Å². The maximum absolute atomic E-state index is 13.6. The van der Waals surface area contributed by atoms with Gasteiger partial charge < -0.3 is 5.32 Å². The normalized spacial score (nSPS) is 21.4. The van der Waals surface area contributed by atoms with Gasteiger partial charge in [-0.2, -0.15) is 4.31 Å². The van der Waals surface area contributed by atoms with Gasteiger partial charge in [0.25, 0.3) is 10.0 Å². The second-order valence-corrected chi connectivity index (χ2v) is 11.1. The van der Waals surface area contributed by atoms with Gasteiger partial charge in [0, 0.05) is 17.8 Å². The highest BCUT2D eigenvalue weighted by Crippen LogP contribution is 2.46. The predicted molar refractivity (Wildman–Crippen MR) is 111 cm³/mol. The lowest BCUT2D eigenvalue weighted by Crippen LogP contribution is -2.56. The molecule has 1 N–H and O–H groups in total. The summed E-state index contributed by atoms with van der Waals surface area (Å²) in [6, 6.07) is 8.64. The third kappa shape index (κ3) is 3.52. The van der Waals surface area contributed by atoms with Crippen molar-refractivity contribution in [1.29, 1.82) is 0 Å². The lowest BCUT2D eigenvalue weighted by atomic mass is 9.94. The van der Waals surface area contributed by atoms with Crippen LogP contribution in [0.2, 0.25) is 0 Å². The average Bonchev–Trinajstić information content (AvgIpc) is 3.17. The molecule has 0 bridgehead atoms. The fourth-order valence-electron chi connectivity index (χ4n) is 4.04. The molecule has 1 unspecified atom stereocenters. The highest BCUT2D eigenvalue weighted by molar-refractivity contribution is 7.91. The number of thiophene rings is 1. The Morgan fingerprint density at radius 2 is 2.00 bits per heavy atom. The molecule has 1 amide bonds. The molecule has 150 valence electrons. The van der Waals surface area contributed by atoms with Gasteiger partial charge in [-0.15, -0.1) is 11.3 Å². The third-order valence-electron chi connectivity index (χ3n) is 5.12. The van der Waals surface area contributed by atoms with Crippen molar-refractivity contribution in [3.8, 4) is 10.6 Å². The monoisotopic (exact) mass is 419 g/mol. The van der Waals surface area contributed by atoms with Gasteiger partial charge in [-0.1, -0.05) is 12.6 Å². The molecule has 1 fully saturated rings. The Morgan fingerprint density at radius 3 is 2.61 bits per heavy atom. The van der Waals surface area contributed by atoms with Crippen LogP contribution in [0.15, 0.2) is 53.4 Å². The Hall–Kier alpha value is -2.03. The van der Waals surface area contributed by atoms with E-state index < -0.39 is 21.1 Å². The summed E-state index contributed by atoms with van der Waals surface area (Å²) in [5.41, 5.74) is -0.711. The molecule has 3 rings (SSSR count). The molecule has 8 heteroatoms. The molecule has 0 spiro atoms. The lowest BCUT2D eigenvalue weighted by Gasteiger charge is -2.39. The largest absolute Gasteiger partial charge is 0.348 e. The van der Waals surface area contributed by atoms with Crippen molar-refractivity contribution in [2.75, 3.05) is 0 Å². The molecule has 1 aliphatic heterocycles. The molecule has 2 aromatic heterocycles. The van der Waals surface area contributed by atoms with Crippen molar-refractivity contribution in [2.45, 2.75) is 55.4 Å². The fraction of sp³-hybridized carbons (Fsp3) is 0.400. The first-order chi connectivity index (χ1) is 13.0. The van der Waals surface area contributed by atoms with E-state index in [2.05, 4.69) is 16.9 Å². The van der Waals surface area contributed by atoms with Crippen molar-refractivity contribution in [1.82, 2.24) is 14.6 Å². The summed E-state index contributed by atoms with van der Waals surface area (Å²) >= 11 is 1.21. The van der Waals surface area contributed by atoms with Crippen molar-refractivity contribution in [3.63, 3.8) is 0 Å². The molecule has 0 saturated carbocycles. The highest BCUT2D eigenvalue weighted by atomic mass is 32.2. The average molecular weight is 420 g/mol. The number of carbonyl (C=O) groups is 1. The second kappa shape index (κ2) is 7.09. The summed E-state index contributed by atoms with van der Waals surface area (Å²) in [4.78, 5) is 16.9. The molecule has 1 atom stereocenters. The summed E-state index contributed by atoms with van der Waals surface area (Å²) in [5, 5.41) is 2.89. The van der Waals surface area contributed by atoms with Crippen LogP contribution in [0.3, 0.4) is 0 Å². The molecule has 1 saturated heterocycles. The van der Waals surface area contributed by atoms with Crippen LogP contribution in [0, 0.1) is 0 Å². The molecule has 3 heterocycles. The summed E-state index contributed by atoms with van der Waals surface area (Å²) in [5.74, 6) is -0.304. The standard InChI is InChI=1S/C20H25N3O3S2/c1-6-17(24)22-16-13-19(2,3)23(20(16,4)5)28(25,26)18-11-10-15(27-18)14-9-7-8-12-21-14/h6-12,16H,1,13H2,2-5H3,(H,22,24). The van der Waals surface area contributed by atoms with E-state index in [9.17, 15) is 13.2 Å². The van der Waals surface area contributed by atoms with Gasteiger partial charge in [-0.3, -0.25) is 9.78 Å². The molecule has 0 aliphatic carbocycles. The Labute approximate surface area is 170 Å². The van der Waals surface area contributed by atoms with Crippen molar-refractivity contribution < 1.29 is 13.2 Å². The zero-order valence-corrected chi connectivity index (χ0v) is 18.1. The van der Waals surface area contributed by atoms with E-state index in [1.165, 1.54) is 21.7 Å². The van der Waals surface area contributed by atoms with Crippen LogP contribution in [0.4, 0.5) is 0 Å². The Kier molecular flexibility index (Phi) is 5.24. The number of rotatable bonds is 5. The van der Waals surface area contributed by atoms with E-state index in [1.807, 2.05) is 45.9 Å². The minimum atomic E-state index is -3.77. The quantitative estimate of drug-likeness (QED) is 0.753. The van der Waals surface area contributed by atoms with E-state index in [4.69, 9.17) is 0 Å². The Balaban J connectivity index is 2.00. The van der Waals surface area contributed by atoms with Crippen LogP contribution in [-0.2, 0) is 14.8 Å². The first-order valence-corrected chi connectivity index (χ1v) is 11.3. The number of nitrogens with zero attached hydrogens (tertiary/aromatic N) is 2. The number of hydrogen-bond donors (Lipinski definition) is 1. The van der Waals surface area contributed by atoms with Crippen LogP contribution >= 0.6 is 11.3 Å². The van der Waals surface area contributed by atoms with Gasteiger partial charge in [0.1, 0.15) is 4.21 Å². The smallest absolute Gasteiger partial charge is 0.253 e. The van der Waals surface area contributed by atoms with E-state index in [0.29, 0.717) is 6.42 Å². The first kappa shape index (κ1) is 20.7. The minimum absolute atomic E-state index is 0.269. The number of sulfonamides is 1. The number of nitrogens with one attached hydrogen (secondary N) is 1. The van der Waals surface area contributed by atoms with Crippen LogP contribution in [-0.4, -0.2) is 40.7 Å². The molecule has 0 radical (unpaired) electrons. The Bertz CT molecular complexity index is 995. The van der Waals surface area contributed by atoms with Crippen LogP contribution < -0.4 is 5.32 Å². The first-order valence-electron chi connectivity index (χ1n) is 9.00. The number of amides is 1. The molecule has 28 heavy (non-hydrogen) atoms. The van der Waals surface area contributed by atoms with Crippen molar-refractivity contribution in [3.05, 3.63) is 49.2 Å². The molecule has 6 nitrogen and oxygen atoms in total. The van der Waals surface area contributed by atoms with E-state index in [-0.39, 0.29) is 16.2 Å². The predicted octanol–water partition coefficient (Wildman–Crippen LogP) is 3.43. The van der Waals surface area contributed by atoms with Crippen LogP contribution in [0.1, 0.15) is 34.1 Å². The highest BCUT2D eigenvalue weighted by Gasteiger charge is 2.57. The summed E-state index contributed by atoms with van der Waals surface area (Å²) in [7, 11) is -3.77. The third-order valence-corrected chi connectivity index (χ3v) is 9.00. The zero-order valence-electron chi connectivity index (χ0n) is 16.5. The van der Waals surface area contributed by atoms with E-state index in [0.717, 1.165) is 10.6 Å². The van der Waals surface area contributed by atoms with Gasteiger partial charge in [-0.25, -0.2) is 8.42 Å². The fourth-order valence-corrected chi connectivity index (χ4v) is 7.56. The number of aromatic nitrogens is 1. The van der Waals surface area contributed by atoms with Crippen molar-refractivity contribution in [2.24, 2.45) is 0 Å². The van der Waals surface area contributed by atoms with Gasteiger partial charge in [0.05, 0.1) is 16.1 Å². The topological polar surface area (TPSA) is 79.4 Å². The zero-order chi connectivity index (χ0) is 20.7. The number of pyridine rings is 1. The lowest BCUT2D eigenvalue weighted by molar-refractivity contribution is -0.117. The molecular formula is C20H25N3O3S2. The summed E-state index contributed by atoms with van der Waals surface area (Å²) in [6.45, 7) is 11.0. The van der Waals surface area contributed by atoms with Crippen LogP contribution in [0.25, 0.3) is 10.6 Å². The molecular weight excluding hydrogens is 394 g/mol. The van der Waals surface area contributed by atoms with Gasteiger partial charge in [0.2, 0.25) is 5.91 Å². The van der Waals surface area contributed by atoms with Crippen LogP contribution in [0.5, 0.6) is 0 Å². The van der Waals surface area contributed by atoms with E-state index in [1.54, 1.807) is 18.3 Å². The van der Waals surface area contributed by atoms with Gasteiger partial charge in [-0.05, 0) is 64.5 Å². The van der Waals surface area contributed by atoms with Gasteiger partial charge >= 0.3 is 0 Å². The second-order valence-electron chi connectivity index (χ2n) is 8.04. The molecule has 1 aliphatic rings. The maximum Gasteiger partial charge on any atom is 0.253 e. The Morgan fingerprint density at radius 1 is 1.29 bits per heavy atom. The summed E-state index contributed by atoms with van der Waals surface area (Å²) in [6.07, 6.45) is 3.40. The summed E-state index contributed by atoms with van der Waals surface area (Å²) < 4.78 is 29.0. The SMILES string of the molecule is C=CC(=O)NC1CC(C)(C)N(S(=O)(=O)c2ccc(-c3ccccn3)s2)C1(C)C. The van der Waals surface area contributed by atoms with E-state index >= 15 is 0 Å². The molecule has 2 aromatic rings. The number of hydrogen-bond acceptors (Lipinski definition) is 5. The molecule has 0 aromatic carbocycles. The minimum Gasteiger partial charge on any atom is -0.348 e. The van der Waals surface area contributed by atoms with Gasteiger partial charge in [0.15, 0.2) is 0 Å².